The van der Waals surface area contributed by atoms with Crippen LogP contribution in [0.25, 0.3) is 22.3 Å². The highest BCUT2D eigenvalue weighted by atomic mass is 31.2. The van der Waals surface area contributed by atoms with Crippen molar-refractivity contribution in [2.45, 2.75) is 94.9 Å². The fraction of sp³-hybridized carbons (Fsp3) is 0.390. The summed E-state index contributed by atoms with van der Waals surface area (Å²) in [4.78, 5) is 64.4. The van der Waals surface area contributed by atoms with Crippen molar-refractivity contribution < 1.29 is 61.5 Å². The maximum atomic E-state index is 15.1. The molecule has 3 aliphatic rings. The Morgan fingerprint density at radius 2 is 1.40 bits per heavy atom. The van der Waals surface area contributed by atoms with E-state index in [-0.39, 0.29) is 41.0 Å². The third kappa shape index (κ3) is 11.9. The van der Waals surface area contributed by atoms with Gasteiger partial charge in [0.1, 0.15) is 60.2 Å². The molecule has 8 aromatic rings. The van der Waals surface area contributed by atoms with E-state index in [1.165, 1.54) is 30.2 Å². The first-order valence-corrected chi connectivity index (χ1v) is 29.6. The molecule has 3 fully saturated rings. The number of hydrogen-bond acceptors (Lipinski definition) is 19. The standard InChI is InChI=1S/C59H65N10O14P/c1-34(2)53(71)66-58-65-52-46(55(73)67-58)63-33-69(52)57-49(82-44-19-13-14-28-77-44)47(70)42(80-57)30-79-84(6,74)83-48-35(3)56(68-32-62-45-50(60-31-61-51(45)68)64-54(72)36-15-9-7-10-16-36)81-43(48)29-78-59(37-17-11-8-12-18-37,38-20-24-40(75-4)25-21-38)39-22-26-41(76-5)27-23-39/h7-12,15-18,20-27,31-35,42-44,47-49,56-57,70H,13-14,19,28-30H2,1-6H3,(H,60,61,64,72)(H2,65,66,67,71,73)/t35-,42-,43-,44?,47-,48+,49-,56-,57-,84?/m1/s1. The number of aliphatic hydroxyl groups is 1. The van der Waals surface area contributed by atoms with E-state index in [0.717, 1.165) is 29.5 Å². The largest absolute Gasteiger partial charge is 0.497 e. The van der Waals surface area contributed by atoms with Crippen LogP contribution in [0.15, 0.2) is 133 Å². The highest BCUT2D eigenvalue weighted by molar-refractivity contribution is 7.53. The first kappa shape index (κ1) is 58.0. The second-order valence-corrected chi connectivity index (χ2v) is 23.1. The van der Waals surface area contributed by atoms with Crippen molar-refractivity contribution in [1.82, 2.24) is 39.0 Å². The van der Waals surface area contributed by atoms with Gasteiger partial charge in [-0.25, -0.2) is 19.9 Å². The molecular weight excluding hydrogens is 1100 g/mol. The Morgan fingerprint density at radius 3 is 2.05 bits per heavy atom. The van der Waals surface area contributed by atoms with Gasteiger partial charge in [0.2, 0.25) is 11.9 Å². The summed E-state index contributed by atoms with van der Waals surface area (Å²) >= 11 is 0. The summed E-state index contributed by atoms with van der Waals surface area (Å²) in [5.41, 5.74) is 1.38. The van der Waals surface area contributed by atoms with E-state index >= 15 is 4.57 Å². The van der Waals surface area contributed by atoms with E-state index in [1.54, 1.807) is 56.9 Å². The van der Waals surface area contributed by atoms with Gasteiger partial charge in [-0.1, -0.05) is 93.6 Å². The summed E-state index contributed by atoms with van der Waals surface area (Å²) in [7, 11) is -1.01. The highest BCUT2D eigenvalue weighted by Crippen LogP contribution is 2.52. The van der Waals surface area contributed by atoms with Crippen molar-refractivity contribution in [3.8, 4) is 11.5 Å². The third-order valence-electron chi connectivity index (χ3n) is 15.2. The predicted octanol–water partition coefficient (Wildman–Crippen LogP) is 7.76. The lowest BCUT2D eigenvalue weighted by Crippen LogP contribution is -2.40. The van der Waals surface area contributed by atoms with Crippen LogP contribution in [0.3, 0.4) is 0 Å². The minimum absolute atomic E-state index is 0.0397. The number of ether oxygens (including phenoxy) is 7. The second kappa shape index (κ2) is 24.8. The fourth-order valence-electron chi connectivity index (χ4n) is 10.8. The van der Waals surface area contributed by atoms with Crippen LogP contribution in [-0.2, 0) is 47.7 Å². The second-order valence-electron chi connectivity index (χ2n) is 21.1. The zero-order valence-electron chi connectivity index (χ0n) is 47.0. The van der Waals surface area contributed by atoms with Gasteiger partial charge in [0.15, 0.2) is 40.7 Å². The average Bonchev–Trinajstić information content (AvgIpc) is 3.13. The van der Waals surface area contributed by atoms with Crippen LogP contribution in [0.5, 0.6) is 11.5 Å². The minimum Gasteiger partial charge on any atom is -0.497 e. The molecule has 440 valence electrons. The van der Waals surface area contributed by atoms with Crippen LogP contribution in [0, 0.1) is 11.8 Å². The molecule has 11 rings (SSSR count). The maximum absolute atomic E-state index is 15.1. The molecular formula is C59H65N10O14P. The van der Waals surface area contributed by atoms with Crippen LogP contribution < -0.4 is 25.7 Å². The van der Waals surface area contributed by atoms with Gasteiger partial charge in [-0.3, -0.25) is 38.4 Å². The molecule has 3 saturated heterocycles. The van der Waals surface area contributed by atoms with Gasteiger partial charge in [-0.15, -0.1) is 0 Å². The SMILES string of the molecule is COc1ccc(C(OC[C@H]2O[C@@H](n3cnc4c(NC(=O)c5ccccc5)ncnc43)[C@H](C)[C@@H]2OP(C)(=O)OC[C@H]2O[C@@H](n3cnc4c(=O)[nH]c(NC(=O)C(C)C)nc43)[C@H](OC3CCCCO3)[C@@H]2O)(c2ccccc2)c2ccc(OC)cc2)cc1. The van der Waals surface area contributed by atoms with Crippen molar-refractivity contribution in [2.75, 3.05) is 51.3 Å². The van der Waals surface area contributed by atoms with E-state index < -0.39 is 92.4 Å². The van der Waals surface area contributed by atoms with E-state index in [0.29, 0.717) is 35.7 Å². The molecule has 7 heterocycles. The topological polar surface area (TPSA) is 286 Å². The maximum Gasteiger partial charge on any atom is 0.328 e. The van der Waals surface area contributed by atoms with E-state index in [2.05, 4.69) is 40.5 Å². The molecule has 0 saturated carbocycles. The fourth-order valence-corrected chi connectivity index (χ4v) is 12.0. The Bertz CT molecular complexity index is 3650. The number of benzene rings is 4. The molecule has 4 aromatic carbocycles. The average molecular weight is 1170 g/mol. The Balaban J connectivity index is 0.916. The number of aromatic nitrogens is 8. The summed E-state index contributed by atoms with van der Waals surface area (Å²) in [6.45, 7) is 6.41. The number of anilines is 2. The number of H-pyrrole nitrogens is 1. The molecule has 4 N–H and O–H groups in total. The molecule has 2 amide bonds. The van der Waals surface area contributed by atoms with Crippen LogP contribution in [-0.4, -0.2) is 133 Å². The number of methoxy groups -OCH3 is 2. The first-order valence-electron chi connectivity index (χ1n) is 27.6. The number of carbonyl (C=O) groups excluding carboxylic acids is 2. The Morgan fingerprint density at radius 1 is 0.774 bits per heavy atom. The van der Waals surface area contributed by atoms with Crippen LogP contribution in [0.4, 0.5) is 11.8 Å². The Kier molecular flexibility index (Phi) is 17.1. The van der Waals surface area contributed by atoms with Crippen molar-refractivity contribution in [3.63, 3.8) is 0 Å². The van der Waals surface area contributed by atoms with Gasteiger partial charge < -0.3 is 52.6 Å². The predicted molar refractivity (Wildman–Crippen MR) is 305 cm³/mol. The summed E-state index contributed by atoms with van der Waals surface area (Å²) in [5, 5.41) is 17.6. The van der Waals surface area contributed by atoms with Crippen molar-refractivity contribution in [1.29, 1.82) is 0 Å². The number of fused-ring (bicyclic) bond motifs is 2. The van der Waals surface area contributed by atoms with E-state index in [9.17, 15) is 19.5 Å². The number of aliphatic hydroxyl groups excluding tert-OH is 1. The molecule has 0 bridgehead atoms. The highest BCUT2D eigenvalue weighted by Gasteiger charge is 2.51. The molecule has 25 heteroatoms. The van der Waals surface area contributed by atoms with Gasteiger partial charge in [-0.2, -0.15) is 4.98 Å². The smallest absolute Gasteiger partial charge is 0.328 e. The van der Waals surface area contributed by atoms with Gasteiger partial charge in [-0.05, 0) is 72.4 Å². The molecule has 0 radical (unpaired) electrons. The monoisotopic (exact) mass is 1170 g/mol. The molecule has 24 nitrogen and oxygen atoms in total. The van der Waals surface area contributed by atoms with Crippen molar-refractivity contribution >= 4 is 53.5 Å². The molecule has 4 aromatic heterocycles. The molecule has 84 heavy (non-hydrogen) atoms. The first-order chi connectivity index (χ1) is 40.6. The lowest BCUT2D eigenvalue weighted by atomic mass is 9.80. The molecule has 0 spiro atoms. The lowest BCUT2D eigenvalue weighted by molar-refractivity contribution is -0.215. The van der Waals surface area contributed by atoms with Crippen LogP contribution in [0.1, 0.15) is 79.5 Å². The quantitative estimate of drug-likeness (QED) is 0.0395. The van der Waals surface area contributed by atoms with Crippen molar-refractivity contribution in [3.05, 3.63) is 161 Å². The summed E-state index contributed by atoms with van der Waals surface area (Å²) in [6.07, 6.45) is -2.16. The van der Waals surface area contributed by atoms with E-state index in [1.807, 2.05) is 91.9 Å². The molecule has 2 unspecified atom stereocenters. The normalized spacial score (nSPS) is 23.4. The van der Waals surface area contributed by atoms with Gasteiger partial charge >= 0.3 is 7.60 Å². The zero-order valence-corrected chi connectivity index (χ0v) is 47.9. The number of nitrogens with zero attached hydrogens (tertiary/aromatic N) is 7. The lowest BCUT2D eigenvalue weighted by Gasteiger charge is -2.37. The third-order valence-corrected chi connectivity index (χ3v) is 16.5. The number of nitrogens with one attached hydrogen (secondary N) is 3. The summed E-state index contributed by atoms with van der Waals surface area (Å²) < 4.78 is 75.7. The van der Waals surface area contributed by atoms with Crippen LogP contribution in [0.2, 0.25) is 0 Å². The Labute approximate surface area is 482 Å². The van der Waals surface area contributed by atoms with Gasteiger partial charge in [0, 0.05) is 30.7 Å². The Hall–Kier alpha value is -7.77. The number of hydrogen-bond donors (Lipinski definition) is 4. The van der Waals surface area contributed by atoms with Gasteiger partial charge in [0.05, 0.1) is 40.1 Å². The van der Waals surface area contributed by atoms with Gasteiger partial charge in [0.25, 0.3) is 11.5 Å². The van der Waals surface area contributed by atoms with E-state index in [4.69, 9.17) is 42.2 Å². The number of amides is 2. The number of carbonyl (C=O) groups is 2. The minimum atomic E-state index is -4.20. The molecule has 10 atom stereocenters. The number of imidazole rings is 2. The number of aromatic amines is 1. The molecule has 0 aliphatic carbocycles. The summed E-state index contributed by atoms with van der Waals surface area (Å²) in [5.74, 6) is -0.494. The number of rotatable bonds is 21. The zero-order chi connectivity index (χ0) is 58.7. The van der Waals surface area contributed by atoms with Crippen molar-refractivity contribution in [2.24, 2.45) is 11.8 Å². The van der Waals surface area contributed by atoms with Crippen LogP contribution >= 0.6 is 7.60 Å². The molecule has 3 aliphatic heterocycles. The summed E-state index contributed by atoms with van der Waals surface area (Å²) in [6, 6.07) is 33.6.